The Morgan fingerprint density at radius 2 is 2.00 bits per heavy atom. The van der Waals surface area contributed by atoms with E-state index in [2.05, 4.69) is 10.1 Å². The number of hydrogen-bond donors (Lipinski definition) is 1. The van der Waals surface area contributed by atoms with Gasteiger partial charge in [-0.25, -0.2) is 9.50 Å². The number of halogens is 1. The fraction of sp³-hybridized carbons (Fsp3) is 0.143. The second kappa shape index (κ2) is 4.55. The minimum atomic E-state index is -0.116. The van der Waals surface area contributed by atoms with Crippen LogP contribution in [0.1, 0.15) is 12.6 Å². The van der Waals surface area contributed by atoms with Gasteiger partial charge in [0.15, 0.2) is 5.65 Å². The molecule has 0 radical (unpaired) electrons. The van der Waals surface area contributed by atoms with E-state index in [9.17, 15) is 4.79 Å². The van der Waals surface area contributed by atoms with E-state index in [4.69, 9.17) is 11.6 Å². The number of H-pyrrole nitrogens is 1. The molecule has 2 aromatic heterocycles. The average Bonchev–Trinajstić information content (AvgIpc) is 2.83. The Morgan fingerprint density at radius 3 is 2.68 bits per heavy atom. The third kappa shape index (κ3) is 2.15. The maximum absolute atomic E-state index is 12.0. The molecule has 0 spiro atoms. The van der Waals surface area contributed by atoms with Gasteiger partial charge in [0.25, 0.3) is 5.56 Å². The number of aromatic amines is 1. The van der Waals surface area contributed by atoms with Gasteiger partial charge in [-0.15, -0.1) is 0 Å². The summed E-state index contributed by atoms with van der Waals surface area (Å²) in [6, 6.07) is 10.7. The summed E-state index contributed by atoms with van der Waals surface area (Å²) in [4.78, 5) is 16.5. The molecule has 0 aliphatic rings. The van der Waals surface area contributed by atoms with Crippen molar-refractivity contribution in [3.63, 3.8) is 0 Å². The van der Waals surface area contributed by atoms with Gasteiger partial charge in [0.2, 0.25) is 0 Å². The fourth-order valence-corrected chi connectivity index (χ4v) is 2.12. The summed E-state index contributed by atoms with van der Waals surface area (Å²) in [6.45, 7) is 2.02. The van der Waals surface area contributed by atoms with Crippen LogP contribution >= 0.6 is 11.6 Å². The highest BCUT2D eigenvalue weighted by molar-refractivity contribution is 6.30. The predicted molar refractivity (Wildman–Crippen MR) is 75.6 cm³/mol. The number of benzene rings is 1. The van der Waals surface area contributed by atoms with Gasteiger partial charge in [0.05, 0.1) is 5.69 Å². The van der Waals surface area contributed by atoms with Crippen LogP contribution in [0.4, 0.5) is 0 Å². The first-order chi connectivity index (χ1) is 9.17. The molecule has 0 amide bonds. The second-order valence-electron chi connectivity index (χ2n) is 4.32. The molecule has 2 heterocycles. The van der Waals surface area contributed by atoms with Crippen LogP contribution in [-0.4, -0.2) is 14.6 Å². The molecule has 3 aromatic rings. The monoisotopic (exact) mass is 273 g/mol. The molecule has 3 rings (SSSR count). The van der Waals surface area contributed by atoms with Gasteiger partial charge in [-0.3, -0.25) is 9.89 Å². The van der Waals surface area contributed by atoms with E-state index in [1.807, 2.05) is 25.1 Å². The molecule has 0 saturated carbocycles. The van der Waals surface area contributed by atoms with E-state index in [1.165, 1.54) is 10.6 Å². The minimum Gasteiger partial charge on any atom is -0.294 e. The van der Waals surface area contributed by atoms with E-state index in [-0.39, 0.29) is 5.56 Å². The number of fused-ring (bicyclic) bond motifs is 1. The molecular formula is C14H12ClN3O. The van der Waals surface area contributed by atoms with Gasteiger partial charge in [-0.1, -0.05) is 30.7 Å². The van der Waals surface area contributed by atoms with Crippen molar-refractivity contribution in [1.29, 1.82) is 0 Å². The largest absolute Gasteiger partial charge is 0.294 e. The normalized spacial score (nSPS) is 11.1. The van der Waals surface area contributed by atoms with Crippen LogP contribution in [0.3, 0.4) is 0 Å². The molecule has 0 aliphatic heterocycles. The summed E-state index contributed by atoms with van der Waals surface area (Å²) in [7, 11) is 0. The molecular weight excluding hydrogens is 262 g/mol. The summed E-state index contributed by atoms with van der Waals surface area (Å²) in [5, 5.41) is 3.69. The Balaban J connectivity index is 2.20. The average molecular weight is 274 g/mol. The van der Waals surface area contributed by atoms with Crippen LogP contribution < -0.4 is 5.56 Å². The van der Waals surface area contributed by atoms with Crippen molar-refractivity contribution in [2.45, 2.75) is 13.3 Å². The van der Waals surface area contributed by atoms with Gasteiger partial charge < -0.3 is 0 Å². The lowest BCUT2D eigenvalue weighted by Crippen LogP contribution is -2.14. The van der Waals surface area contributed by atoms with Gasteiger partial charge in [-0.2, -0.15) is 0 Å². The zero-order valence-electron chi connectivity index (χ0n) is 10.4. The van der Waals surface area contributed by atoms with Crippen LogP contribution in [0.5, 0.6) is 0 Å². The van der Waals surface area contributed by atoms with Crippen molar-refractivity contribution in [1.82, 2.24) is 14.6 Å². The summed E-state index contributed by atoms with van der Waals surface area (Å²) >= 11 is 5.86. The number of hydrogen-bond acceptors (Lipinski definition) is 2. The van der Waals surface area contributed by atoms with Crippen molar-refractivity contribution in [2.24, 2.45) is 0 Å². The standard InChI is InChI=1S/C14H12ClN3O/c1-2-11-7-13-16-12(8-14(19)18(13)17-11)9-3-5-10(15)6-4-9/h3-8,17H,2H2,1H3. The quantitative estimate of drug-likeness (QED) is 0.780. The number of rotatable bonds is 2. The summed E-state index contributed by atoms with van der Waals surface area (Å²) < 4.78 is 1.46. The number of aryl methyl sites for hydroxylation is 1. The van der Waals surface area contributed by atoms with E-state index in [0.29, 0.717) is 16.4 Å². The van der Waals surface area contributed by atoms with Crippen LogP contribution in [0.2, 0.25) is 5.02 Å². The van der Waals surface area contributed by atoms with Crippen molar-refractivity contribution in [2.75, 3.05) is 0 Å². The summed E-state index contributed by atoms with van der Waals surface area (Å²) in [5.41, 5.74) is 3.04. The van der Waals surface area contributed by atoms with Gasteiger partial charge in [0.1, 0.15) is 0 Å². The lowest BCUT2D eigenvalue weighted by Gasteiger charge is -2.01. The smallest absolute Gasteiger partial charge is 0.273 e. The third-order valence-electron chi connectivity index (χ3n) is 3.02. The number of aromatic nitrogens is 3. The lowest BCUT2D eigenvalue weighted by atomic mass is 10.1. The first kappa shape index (κ1) is 12.0. The minimum absolute atomic E-state index is 0.116. The van der Waals surface area contributed by atoms with E-state index < -0.39 is 0 Å². The van der Waals surface area contributed by atoms with Gasteiger partial charge >= 0.3 is 0 Å². The first-order valence-electron chi connectivity index (χ1n) is 6.05. The number of nitrogens with zero attached hydrogens (tertiary/aromatic N) is 2. The molecule has 5 heteroatoms. The topological polar surface area (TPSA) is 50.2 Å². The molecule has 1 aromatic carbocycles. The van der Waals surface area contributed by atoms with Gasteiger partial charge in [-0.05, 0) is 18.6 Å². The molecule has 0 bridgehead atoms. The number of nitrogens with one attached hydrogen (secondary N) is 1. The highest BCUT2D eigenvalue weighted by Gasteiger charge is 2.07. The maximum Gasteiger partial charge on any atom is 0.273 e. The first-order valence-corrected chi connectivity index (χ1v) is 6.43. The van der Waals surface area contributed by atoms with E-state index in [1.54, 1.807) is 12.1 Å². The van der Waals surface area contributed by atoms with Crippen LogP contribution in [-0.2, 0) is 6.42 Å². The lowest BCUT2D eigenvalue weighted by molar-refractivity contribution is 0.859. The molecule has 0 unspecified atom stereocenters. The Morgan fingerprint density at radius 1 is 1.26 bits per heavy atom. The molecule has 96 valence electrons. The SMILES string of the molecule is CCc1cc2nc(-c3ccc(Cl)cc3)cc(=O)n2[nH]1. The van der Waals surface area contributed by atoms with Crippen molar-refractivity contribution < 1.29 is 0 Å². The zero-order chi connectivity index (χ0) is 13.4. The van der Waals surface area contributed by atoms with Crippen molar-refractivity contribution in [3.8, 4) is 11.3 Å². The molecule has 19 heavy (non-hydrogen) atoms. The van der Waals surface area contributed by atoms with Crippen LogP contribution in [0, 0.1) is 0 Å². The Bertz CT molecular complexity index is 787. The summed E-state index contributed by atoms with van der Waals surface area (Å²) in [5.74, 6) is 0. The zero-order valence-corrected chi connectivity index (χ0v) is 11.1. The highest BCUT2D eigenvalue weighted by atomic mass is 35.5. The second-order valence-corrected chi connectivity index (χ2v) is 4.75. The van der Waals surface area contributed by atoms with Crippen LogP contribution in [0.15, 0.2) is 41.2 Å². The summed E-state index contributed by atoms with van der Waals surface area (Å²) in [6.07, 6.45) is 0.832. The molecule has 0 aliphatic carbocycles. The van der Waals surface area contributed by atoms with E-state index >= 15 is 0 Å². The van der Waals surface area contributed by atoms with Crippen molar-refractivity contribution in [3.05, 3.63) is 57.5 Å². The predicted octanol–water partition coefficient (Wildman–Crippen LogP) is 2.91. The van der Waals surface area contributed by atoms with Crippen LogP contribution in [0.25, 0.3) is 16.9 Å². The molecule has 1 N–H and O–H groups in total. The molecule has 4 nitrogen and oxygen atoms in total. The Hall–Kier alpha value is -2.07. The third-order valence-corrected chi connectivity index (χ3v) is 3.28. The van der Waals surface area contributed by atoms with E-state index in [0.717, 1.165) is 17.7 Å². The molecule has 0 saturated heterocycles. The van der Waals surface area contributed by atoms with Gasteiger partial charge in [0, 0.05) is 28.4 Å². The Kier molecular flexibility index (Phi) is 2.87. The molecule has 0 atom stereocenters. The Labute approximate surface area is 114 Å². The highest BCUT2D eigenvalue weighted by Crippen LogP contribution is 2.19. The molecule has 0 fully saturated rings. The fourth-order valence-electron chi connectivity index (χ4n) is 1.99. The van der Waals surface area contributed by atoms with Crippen molar-refractivity contribution >= 4 is 17.2 Å². The maximum atomic E-state index is 12.0.